The van der Waals surface area contributed by atoms with E-state index in [-0.39, 0.29) is 24.4 Å². The number of aliphatic hydroxyl groups excluding tert-OH is 2. The van der Waals surface area contributed by atoms with Crippen molar-refractivity contribution in [3.63, 3.8) is 0 Å². The number of aromatic nitrogens is 2. The van der Waals surface area contributed by atoms with E-state index in [2.05, 4.69) is 15.6 Å². The molecular weight excluding hydrogens is 475 g/mol. The second-order valence-corrected chi connectivity index (χ2v) is 6.72. The van der Waals surface area contributed by atoms with Crippen LogP contribution in [0.15, 0.2) is 15.8 Å². The number of nitrogens with one attached hydrogen (secondary N) is 3. The van der Waals surface area contributed by atoms with E-state index in [0.717, 1.165) is 10.8 Å². The maximum atomic E-state index is 12.0. The Morgan fingerprint density at radius 3 is 2.74 bits per heavy atom. The third-order valence-corrected chi connectivity index (χ3v) is 4.65. The van der Waals surface area contributed by atoms with Gasteiger partial charge in [-0.1, -0.05) is 22.6 Å². The number of hydrogen-bond acceptors (Lipinski definition) is 7. The predicted octanol–water partition coefficient (Wildman–Crippen LogP) is -1.55. The highest BCUT2D eigenvalue weighted by molar-refractivity contribution is 14.1. The molecule has 0 aromatic carbocycles. The maximum absolute atomic E-state index is 12.0. The van der Waals surface area contributed by atoms with Crippen molar-refractivity contribution in [2.45, 2.75) is 37.7 Å². The van der Waals surface area contributed by atoms with Crippen LogP contribution in [0.3, 0.4) is 0 Å². The molecule has 0 bridgehead atoms. The lowest BCUT2D eigenvalue weighted by Gasteiger charge is -2.15. The molecule has 11 nitrogen and oxygen atoms in total. The molecular formula is C15H21IN4O7. The van der Waals surface area contributed by atoms with Crippen LogP contribution in [-0.4, -0.2) is 61.4 Å². The number of rotatable bonds is 8. The summed E-state index contributed by atoms with van der Waals surface area (Å²) in [6, 6.07) is 0. The van der Waals surface area contributed by atoms with E-state index in [4.69, 9.17) is 9.84 Å². The Bertz CT molecular complexity index is 793. The molecule has 2 heterocycles. The fourth-order valence-electron chi connectivity index (χ4n) is 2.58. The molecule has 2 amide bonds. The number of carbonyl (C=O) groups is 2. The Morgan fingerprint density at radius 2 is 2.11 bits per heavy atom. The average molecular weight is 496 g/mol. The van der Waals surface area contributed by atoms with Gasteiger partial charge in [0.1, 0.15) is 18.0 Å². The van der Waals surface area contributed by atoms with Crippen LogP contribution in [0.4, 0.5) is 5.69 Å². The molecule has 0 aliphatic carbocycles. The van der Waals surface area contributed by atoms with E-state index >= 15 is 0 Å². The maximum Gasteiger partial charge on any atom is 0.330 e. The van der Waals surface area contributed by atoms with Gasteiger partial charge in [0, 0.05) is 25.6 Å². The van der Waals surface area contributed by atoms with Crippen LogP contribution in [0, 0.1) is 0 Å². The SMILES string of the molecule is O=C(CI)NCCCC(=O)Nc1cn([C@H]2C[C@H](O)[C@@H](CO)O2)c(=O)[nH]c1=O. The Hall–Kier alpha value is -1.77. The second kappa shape index (κ2) is 9.96. The van der Waals surface area contributed by atoms with Crippen LogP contribution in [0.25, 0.3) is 0 Å². The number of halogens is 1. The van der Waals surface area contributed by atoms with Gasteiger partial charge in [-0.25, -0.2) is 4.79 Å². The molecule has 0 saturated carbocycles. The lowest BCUT2D eigenvalue weighted by Crippen LogP contribution is -2.34. The van der Waals surface area contributed by atoms with Gasteiger partial charge in [-0.2, -0.15) is 0 Å². The summed E-state index contributed by atoms with van der Waals surface area (Å²) in [5.41, 5.74) is -1.66. The van der Waals surface area contributed by atoms with E-state index in [1.807, 2.05) is 22.6 Å². The summed E-state index contributed by atoms with van der Waals surface area (Å²) in [5.74, 6) is -0.575. The fraction of sp³-hybridized carbons (Fsp3) is 0.600. The molecule has 1 fully saturated rings. The van der Waals surface area contributed by atoms with Crippen molar-refractivity contribution in [2.24, 2.45) is 0 Å². The molecule has 1 aromatic heterocycles. The van der Waals surface area contributed by atoms with E-state index in [1.54, 1.807) is 0 Å². The number of ether oxygens (including phenoxy) is 1. The zero-order valence-electron chi connectivity index (χ0n) is 14.3. The van der Waals surface area contributed by atoms with Gasteiger partial charge in [0.05, 0.1) is 17.1 Å². The first kappa shape index (κ1) is 21.5. The quantitative estimate of drug-likeness (QED) is 0.165. The molecule has 27 heavy (non-hydrogen) atoms. The lowest BCUT2D eigenvalue weighted by atomic mass is 10.2. The minimum absolute atomic E-state index is 0.0566. The Morgan fingerprint density at radius 1 is 1.37 bits per heavy atom. The summed E-state index contributed by atoms with van der Waals surface area (Å²) in [4.78, 5) is 49.1. The number of amides is 2. The Kier molecular flexibility index (Phi) is 7.94. The highest BCUT2D eigenvalue weighted by Gasteiger charge is 2.35. The van der Waals surface area contributed by atoms with Gasteiger partial charge < -0.3 is 25.6 Å². The van der Waals surface area contributed by atoms with Crippen LogP contribution in [0.2, 0.25) is 0 Å². The molecule has 12 heteroatoms. The molecule has 0 unspecified atom stereocenters. The monoisotopic (exact) mass is 496 g/mol. The number of nitrogens with zero attached hydrogens (tertiary/aromatic N) is 1. The van der Waals surface area contributed by atoms with Crippen molar-refractivity contribution >= 4 is 40.1 Å². The normalized spacial score (nSPS) is 21.8. The smallest absolute Gasteiger partial charge is 0.330 e. The fourth-order valence-corrected chi connectivity index (χ4v) is 2.84. The van der Waals surface area contributed by atoms with Crippen molar-refractivity contribution in [3.05, 3.63) is 27.0 Å². The number of anilines is 1. The van der Waals surface area contributed by atoms with Crippen molar-refractivity contribution in [1.29, 1.82) is 0 Å². The predicted molar refractivity (Wildman–Crippen MR) is 103 cm³/mol. The first-order valence-corrected chi connectivity index (χ1v) is 9.80. The van der Waals surface area contributed by atoms with Gasteiger partial charge in [0.15, 0.2) is 0 Å². The third kappa shape index (κ3) is 5.85. The molecule has 2 rings (SSSR count). The van der Waals surface area contributed by atoms with Crippen LogP contribution >= 0.6 is 22.6 Å². The minimum atomic E-state index is -0.949. The summed E-state index contributed by atoms with van der Waals surface area (Å²) in [5, 5.41) is 24.0. The van der Waals surface area contributed by atoms with E-state index in [1.165, 1.54) is 0 Å². The topological polar surface area (TPSA) is 163 Å². The van der Waals surface area contributed by atoms with Crippen molar-refractivity contribution in [2.75, 3.05) is 22.9 Å². The average Bonchev–Trinajstić information content (AvgIpc) is 3.01. The molecule has 0 spiro atoms. The van der Waals surface area contributed by atoms with Crippen LogP contribution in [0.1, 0.15) is 25.5 Å². The third-order valence-electron chi connectivity index (χ3n) is 3.96. The van der Waals surface area contributed by atoms with Crippen molar-refractivity contribution < 1.29 is 24.5 Å². The summed E-state index contributed by atoms with van der Waals surface area (Å²) in [7, 11) is 0. The number of aromatic amines is 1. The number of alkyl halides is 1. The van der Waals surface area contributed by atoms with Gasteiger partial charge in [-0.15, -0.1) is 0 Å². The molecule has 5 N–H and O–H groups in total. The van der Waals surface area contributed by atoms with E-state index in [0.29, 0.717) is 17.4 Å². The number of aliphatic hydroxyl groups is 2. The van der Waals surface area contributed by atoms with Crippen molar-refractivity contribution in [1.82, 2.24) is 14.9 Å². The van der Waals surface area contributed by atoms with Gasteiger partial charge in [-0.3, -0.25) is 23.9 Å². The van der Waals surface area contributed by atoms with Crippen molar-refractivity contribution in [3.8, 4) is 0 Å². The summed E-state index contributed by atoms with van der Waals surface area (Å²) < 4.78 is 6.77. The molecule has 1 saturated heterocycles. The van der Waals surface area contributed by atoms with Gasteiger partial charge in [0.2, 0.25) is 11.8 Å². The molecule has 0 radical (unpaired) electrons. The van der Waals surface area contributed by atoms with E-state index in [9.17, 15) is 24.3 Å². The largest absolute Gasteiger partial charge is 0.394 e. The molecule has 1 aromatic rings. The van der Waals surface area contributed by atoms with Gasteiger partial charge >= 0.3 is 5.69 Å². The first-order chi connectivity index (χ1) is 12.8. The van der Waals surface area contributed by atoms with Gasteiger partial charge in [0.25, 0.3) is 5.56 Å². The van der Waals surface area contributed by atoms with E-state index < -0.39 is 42.2 Å². The standard InChI is InChI=1S/C15H21IN4O7/c16-5-12(24)17-3-1-2-11(23)18-8-6-20(15(26)19-14(8)25)13-4-9(22)10(7-21)27-13/h6,9-10,13,21-22H,1-5,7H2,(H,17,24)(H,18,23)(H,19,25,26)/t9-,10+,13+/m0/s1. The first-order valence-electron chi connectivity index (χ1n) is 8.28. The highest BCUT2D eigenvalue weighted by atomic mass is 127. The summed E-state index contributed by atoms with van der Waals surface area (Å²) in [6.45, 7) is -0.0745. The highest BCUT2D eigenvalue weighted by Crippen LogP contribution is 2.27. The number of carbonyl (C=O) groups excluding carboxylic acids is 2. The lowest BCUT2D eigenvalue weighted by molar-refractivity contribution is -0.119. The molecule has 150 valence electrons. The number of H-pyrrole nitrogens is 1. The molecule has 1 aliphatic rings. The summed E-state index contributed by atoms with van der Waals surface area (Å²) >= 11 is 1.93. The Labute approximate surface area is 167 Å². The Balaban J connectivity index is 2.01. The second-order valence-electron chi connectivity index (χ2n) is 5.96. The van der Waals surface area contributed by atoms with Crippen LogP contribution in [-0.2, 0) is 14.3 Å². The molecule has 1 aliphatic heterocycles. The van der Waals surface area contributed by atoms with Gasteiger partial charge in [-0.05, 0) is 6.42 Å². The zero-order valence-corrected chi connectivity index (χ0v) is 16.5. The molecule has 3 atom stereocenters. The zero-order chi connectivity index (χ0) is 20.0. The van der Waals surface area contributed by atoms with Crippen LogP contribution < -0.4 is 21.9 Å². The minimum Gasteiger partial charge on any atom is -0.394 e. The summed E-state index contributed by atoms with van der Waals surface area (Å²) in [6.07, 6.45) is -0.984. The van der Waals surface area contributed by atoms with Crippen LogP contribution in [0.5, 0.6) is 0 Å². The number of hydrogen-bond donors (Lipinski definition) is 5.